The van der Waals surface area contributed by atoms with E-state index in [1.807, 2.05) is 42.5 Å². The van der Waals surface area contributed by atoms with Gasteiger partial charge in [-0.25, -0.2) is 0 Å². The van der Waals surface area contributed by atoms with Crippen LogP contribution in [0.2, 0.25) is 5.02 Å². The molecule has 0 amide bonds. The lowest BCUT2D eigenvalue weighted by molar-refractivity contribution is 0.276. The summed E-state index contributed by atoms with van der Waals surface area (Å²) < 4.78 is 0. The van der Waals surface area contributed by atoms with Crippen LogP contribution in [0.1, 0.15) is 11.6 Å². The number of nitrogens with one attached hydrogen (secondary N) is 1. The summed E-state index contributed by atoms with van der Waals surface area (Å²) in [7, 11) is 0. The molecule has 3 heteroatoms. The molecule has 0 aliphatic rings. The quantitative estimate of drug-likeness (QED) is 0.735. The molecular weight excluding hydrogens is 282 g/mol. The molecule has 2 nitrogen and oxygen atoms in total. The predicted molar refractivity (Wildman–Crippen MR) is 88.8 cm³/mol. The van der Waals surface area contributed by atoms with Crippen molar-refractivity contribution in [2.45, 2.75) is 6.04 Å². The van der Waals surface area contributed by atoms with Crippen LogP contribution < -0.4 is 5.32 Å². The third-order valence-electron chi connectivity index (χ3n) is 3.56. The van der Waals surface area contributed by atoms with E-state index in [0.717, 1.165) is 16.6 Å². The molecule has 0 fully saturated rings. The first-order chi connectivity index (χ1) is 10.3. The largest absolute Gasteiger partial charge is 0.394 e. The van der Waals surface area contributed by atoms with Gasteiger partial charge in [-0.05, 0) is 34.5 Å². The molecule has 3 aromatic rings. The van der Waals surface area contributed by atoms with Gasteiger partial charge in [0.1, 0.15) is 0 Å². The Labute approximate surface area is 129 Å². The lowest BCUT2D eigenvalue weighted by Gasteiger charge is -2.19. The Hall–Kier alpha value is -2.03. The maximum atomic E-state index is 9.70. The molecule has 3 aromatic carbocycles. The van der Waals surface area contributed by atoms with Gasteiger partial charge in [-0.2, -0.15) is 0 Å². The average Bonchev–Trinajstić information content (AvgIpc) is 2.54. The van der Waals surface area contributed by atoms with Gasteiger partial charge in [-0.3, -0.25) is 0 Å². The Morgan fingerprint density at radius 1 is 0.905 bits per heavy atom. The molecule has 0 aromatic heterocycles. The molecule has 3 rings (SSSR count). The minimum Gasteiger partial charge on any atom is -0.394 e. The summed E-state index contributed by atoms with van der Waals surface area (Å²) in [6, 6.07) is 21.8. The first-order valence-corrected chi connectivity index (χ1v) is 7.26. The van der Waals surface area contributed by atoms with E-state index in [4.69, 9.17) is 11.6 Å². The summed E-state index contributed by atoms with van der Waals surface area (Å²) in [6.45, 7) is 0.00354. The minimum atomic E-state index is -0.186. The van der Waals surface area contributed by atoms with Crippen molar-refractivity contribution in [1.82, 2.24) is 0 Å². The highest BCUT2D eigenvalue weighted by Gasteiger charge is 2.12. The fourth-order valence-electron chi connectivity index (χ4n) is 2.42. The van der Waals surface area contributed by atoms with Gasteiger partial charge in [0, 0.05) is 0 Å². The zero-order valence-corrected chi connectivity index (χ0v) is 12.2. The Morgan fingerprint density at radius 2 is 1.62 bits per heavy atom. The van der Waals surface area contributed by atoms with Gasteiger partial charge in [0.05, 0.1) is 23.4 Å². The molecule has 1 atom stereocenters. The maximum Gasteiger partial charge on any atom is 0.0745 e. The van der Waals surface area contributed by atoms with Gasteiger partial charge < -0.3 is 10.4 Å². The van der Waals surface area contributed by atoms with Crippen LogP contribution in [0.25, 0.3) is 10.8 Å². The van der Waals surface area contributed by atoms with Crippen molar-refractivity contribution in [2.24, 2.45) is 0 Å². The van der Waals surface area contributed by atoms with Gasteiger partial charge in [0.25, 0.3) is 0 Å². The second-order valence-corrected chi connectivity index (χ2v) is 5.37. The van der Waals surface area contributed by atoms with Gasteiger partial charge in [0.15, 0.2) is 0 Å². The number of hydrogen-bond donors (Lipinski definition) is 2. The van der Waals surface area contributed by atoms with Crippen LogP contribution in [0, 0.1) is 0 Å². The predicted octanol–water partition coefficient (Wildman–Crippen LogP) is 4.64. The molecule has 0 aliphatic heterocycles. The molecule has 0 radical (unpaired) electrons. The van der Waals surface area contributed by atoms with Crippen LogP contribution in [-0.4, -0.2) is 11.7 Å². The van der Waals surface area contributed by atoms with E-state index in [-0.39, 0.29) is 12.6 Å². The van der Waals surface area contributed by atoms with Crippen molar-refractivity contribution < 1.29 is 5.11 Å². The molecule has 21 heavy (non-hydrogen) atoms. The number of fused-ring (bicyclic) bond motifs is 1. The molecule has 106 valence electrons. The van der Waals surface area contributed by atoms with Crippen LogP contribution in [0.15, 0.2) is 66.7 Å². The molecule has 0 saturated carbocycles. The molecular formula is C18H16ClNO. The zero-order valence-electron chi connectivity index (χ0n) is 11.5. The number of benzene rings is 3. The van der Waals surface area contributed by atoms with E-state index < -0.39 is 0 Å². The Kier molecular flexibility index (Phi) is 4.09. The van der Waals surface area contributed by atoms with Crippen LogP contribution in [0.3, 0.4) is 0 Å². The SMILES string of the molecule is OCC(Nc1ccccc1Cl)c1ccc2ccccc2c1. The number of hydrogen-bond acceptors (Lipinski definition) is 2. The van der Waals surface area contributed by atoms with E-state index in [1.165, 1.54) is 5.39 Å². The third-order valence-corrected chi connectivity index (χ3v) is 3.89. The van der Waals surface area contributed by atoms with Crippen LogP contribution in [0.5, 0.6) is 0 Å². The second-order valence-electron chi connectivity index (χ2n) is 4.97. The van der Waals surface area contributed by atoms with Crippen molar-refractivity contribution in [2.75, 3.05) is 11.9 Å². The van der Waals surface area contributed by atoms with Crippen LogP contribution >= 0.6 is 11.6 Å². The molecule has 2 N–H and O–H groups in total. The number of aliphatic hydroxyl groups is 1. The monoisotopic (exact) mass is 297 g/mol. The Balaban J connectivity index is 1.93. The van der Waals surface area contributed by atoms with Crippen molar-refractivity contribution in [3.63, 3.8) is 0 Å². The Morgan fingerprint density at radius 3 is 2.38 bits per heavy atom. The van der Waals surface area contributed by atoms with Crippen LogP contribution in [-0.2, 0) is 0 Å². The average molecular weight is 298 g/mol. The lowest BCUT2D eigenvalue weighted by Crippen LogP contribution is -2.15. The Bertz CT molecular complexity index is 757. The highest BCUT2D eigenvalue weighted by Crippen LogP contribution is 2.27. The lowest BCUT2D eigenvalue weighted by atomic mass is 10.0. The van der Waals surface area contributed by atoms with Gasteiger partial charge in [-0.15, -0.1) is 0 Å². The molecule has 1 unspecified atom stereocenters. The smallest absolute Gasteiger partial charge is 0.0745 e. The fraction of sp³-hybridized carbons (Fsp3) is 0.111. The molecule has 0 spiro atoms. The number of halogens is 1. The highest BCUT2D eigenvalue weighted by atomic mass is 35.5. The maximum absolute atomic E-state index is 9.70. The summed E-state index contributed by atoms with van der Waals surface area (Å²) in [6.07, 6.45) is 0. The number of aliphatic hydroxyl groups excluding tert-OH is 1. The van der Waals surface area contributed by atoms with E-state index >= 15 is 0 Å². The molecule has 0 aliphatic carbocycles. The van der Waals surface area contributed by atoms with E-state index in [0.29, 0.717) is 5.02 Å². The zero-order chi connectivity index (χ0) is 14.7. The third kappa shape index (κ3) is 3.02. The molecule has 0 bridgehead atoms. The van der Waals surface area contributed by atoms with Gasteiger partial charge in [-0.1, -0.05) is 60.1 Å². The van der Waals surface area contributed by atoms with Crippen molar-refractivity contribution >= 4 is 28.1 Å². The summed E-state index contributed by atoms with van der Waals surface area (Å²) in [4.78, 5) is 0. The van der Waals surface area contributed by atoms with E-state index in [9.17, 15) is 5.11 Å². The first-order valence-electron chi connectivity index (χ1n) is 6.88. The molecule has 0 heterocycles. The second kappa shape index (κ2) is 6.17. The standard InChI is InChI=1S/C18H16ClNO/c19-16-7-3-4-8-17(16)20-18(12-21)15-10-9-13-5-1-2-6-14(13)11-15/h1-11,18,20-21H,12H2. The number of para-hydroxylation sites is 1. The van der Waals surface area contributed by atoms with Gasteiger partial charge >= 0.3 is 0 Å². The number of anilines is 1. The normalized spacial score (nSPS) is 12.3. The van der Waals surface area contributed by atoms with Gasteiger partial charge in [0.2, 0.25) is 0 Å². The molecule has 0 saturated heterocycles. The van der Waals surface area contributed by atoms with Crippen molar-refractivity contribution in [3.8, 4) is 0 Å². The highest BCUT2D eigenvalue weighted by molar-refractivity contribution is 6.33. The van der Waals surface area contributed by atoms with Crippen molar-refractivity contribution in [3.05, 3.63) is 77.3 Å². The summed E-state index contributed by atoms with van der Waals surface area (Å²) in [5.41, 5.74) is 1.86. The summed E-state index contributed by atoms with van der Waals surface area (Å²) in [5, 5.41) is 16.0. The van der Waals surface area contributed by atoms with E-state index in [2.05, 4.69) is 29.6 Å². The first kappa shape index (κ1) is 13.9. The topological polar surface area (TPSA) is 32.3 Å². The summed E-state index contributed by atoms with van der Waals surface area (Å²) in [5.74, 6) is 0. The van der Waals surface area contributed by atoms with Crippen molar-refractivity contribution in [1.29, 1.82) is 0 Å². The van der Waals surface area contributed by atoms with Crippen LogP contribution in [0.4, 0.5) is 5.69 Å². The summed E-state index contributed by atoms with van der Waals surface area (Å²) >= 11 is 6.16. The minimum absolute atomic E-state index is 0.00354. The fourth-order valence-corrected chi connectivity index (χ4v) is 2.62. The number of rotatable bonds is 4. The van der Waals surface area contributed by atoms with E-state index in [1.54, 1.807) is 0 Å².